The van der Waals surface area contributed by atoms with Crippen LogP contribution in [0.5, 0.6) is 5.75 Å². The second-order valence-electron chi connectivity index (χ2n) is 5.25. The molecule has 1 N–H and O–H groups in total. The molecule has 3 aromatic rings. The van der Waals surface area contributed by atoms with Gasteiger partial charge in [0.15, 0.2) is 0 Å². The Balaban J connectivity index is 2.29. The van der Waals surface area contributed by atoms with E-state index in [1.807, 2.05) is 32.2 Å². The first-order valence-corrected chi connectivity index (χ1v) is 6.84. The molecule has 0 fully saturated rings. The number of carbonyl (C=O) groups is 1. The average Bonchev–Trinajstić information content (AvgIpc) is 2.98. The van der Waals surface area contributed by atoms with E-state index in [1.165, 1.54) is 4.68 Å². The number of aryl methyl sites for hydroxylation is 2. The number of carboxylic acids is 1. The quantitative estimate of drug-likeness (QED) is 0.807. The molecule has 3 rings (SSSR count). The molecule has 0 amide bonds. The third-order valence-electron chi connectivity index (χ3n) is 4.06. The first-order chi connectivity index (χ1) is 10.4. The fourth-order valence-electron chi connectivity index (χ4n) is 2.78. The molecule has 6 heteroatoms. The summed E-state index contributed by atoms with van der Waals surface area (Å²) in [6, 6.07) is 7.44. The molecule has 0 spiro atoms. The van der Waals surface area contributed by atoms with Crippen LogP contribution in [0.4, 0.5) is 0 Å². The normalized spacial score (nSPS) is 11.1. The van der Waals surface area contributed by atoms with E-state index in [0.29, 0.717) is 5.69 Å². The van der Waals surface area contributed by atoms with Crippen LogP contribution in [0.15, 0.2) is 24.3 Å². The van der Waals surface area contributed by atoms with Crippen LogP contribution in [-0.2, 0) is 14.1 Å². The Labute approximate surface area is 127 Å². The van der Waals surface area contributed by atoms with Crippen molar-refractivity contribution in [3.63, 3.8) is 0 Å². The van der Waals surface area contributed by atoms with Crippen LogP contribution in [0.3, 0.4) is 0 Å². The van der Waals surface area contributed by atoms with Gasteiger partial charge < -0.3 is 14.4 Å². The second-order valence-corrected chi connectivity index (χ2v) is 5.25. The Morgan fingerprint density at radius 1 is 1.27 bits per heavy atom. The minimum absolute atomic E-state index is 0.167. The van der Waals surface area contributed by atoms with Crippen LogP contribution >= 0.6 is 0 Å². The third kappa shape index (κ3) is 1.95. The largest absolute Gasteiger partial charge is 0.497 e. The highest BCUT2D eigenvalue weighted by atomic mass is 16.5. The molecule has 2 aromatic heterocycles. The number of ether oxygens (including phenoxy) is 1. The van der Waals surface area contributed by atoms with Crippen LogP contribution in [0, 0.1) is 6.92 Å². The summed E-state index contributed by atoms with van der Waals surface area (Å²) in [6.07, 6.45) is 0. The van der Waals surface area contributed by atoms with E-state index in [9.17, 15) is 9.90 Å². The maximum Gasteiger partial charge on any atom is 0.354 e. The van der Waals surface area contributed by atoms with Gasteiger partial charge in [-0.3, -0.25) is 4.68 Å². The van der Waals surface area contributed by atoms with E-state index in [1.54, 1.807) is 20.2 Å². The van der Waals surface area contributed by atoms with Gasteiger partial charge in [0.2, 0.25) is 0 Å². The number of methoxy groups -OCH3 is 1. The van der Waals surface area contributed by atoms with Crippen LogP contribution in [0.2, 0.25) is 0 Å². The molecule has 0 radical (unpaired) electrons. The summed E-state index contributed by atoms with van der Waals surface area (Å²) in [5, 5.41) is 14.6. The Morgan fingerprint density at radius 3 is 2.59 bits per heavy atom. The summed E-state index contributed by atoms with van der Waals surface area (Å²) in [4.78, 5) is 11.2. The number of fused-ring (bicyclic) bond motifs is 1. The highest BCUT2D eigenvalue weighted by molar-refractivity contribution is 5.99. The maximum atomic E-state index is 11.2. The van der Waals surface area contributed by atoms with Crippen molar-refractivity contribution >= 4 is 16.9 Å². The van der Waals surface area contributed by atoms with E-state index >= 15 is 0 Å². The topological polar surface area (TPSA) is 69.3 Å². The molecule has 6 nitrogen and oxygen atoms in total. The van der Waals surface area contributed by atoms with Crippen molar-refractivity contribution in [2.45, 2.75) is 6.92 Å². The molecule has 0 atom stereocenters. The lowest BCUT2D eigenvalue weighted by Gasteiger charge is -2.01. The molecule has 22 heavy (non-hydrogen) atoms. The van der Waals surface area contributed by atoms with Crippen molar-refractivity contribution in [3.05, 3.63) is 35.7 Å². The van der Waals surface area contributed by atoms with E-state index in [0.717, 1.165) is 27.9 Å². The lowest BCUT2D eigenvalue weighted by Crippen LogP contribution is -2.04. The fraction of sp³-hybridized carbons (Fsp3) is 0.250. The molecule has 0 saturated heterocycles. The highest BCUT2D eigenvalue weighted by Crippen LogP contribution is 2.35. The van der Waals surface area contributed by atoms with Gasteiger partial charge in [-0.05, 0) is 25.1 Å². The monoisotopic (exact) mass is 299 g/mol. The van der Waals surface area contributed by atoms with Crippen LogP contribution in [-0.4, -0.2) is 32.5 Å². The average molecular weight is 299 g/mol. The molecule has 0 unspecified atom stereocenters. The first kappa shape index (κ1) is 14.2. The summed E-state index contributed by atoms with van der Waals surface area (Å²) in [6.45, 7) is 2.00. The van der Waals surface area contributed by atoms with Crippen molar-refractivity contribution in [1.29, 1.82) is 0 Å². The van der Waals surface area contributed by atoms with Crippen LogP contribution < -0.4 is 4.74 Å². The lowest BCUT2D eigenvalue weighted by atomic mass is 10.1. The number of benzene rings is 1. The zero-order valence-corrected chi connectivity index (χ0v) is 12.9. The molecule has 1 aromatic carbocycles. The molecule has 0 aliphatic heterocycles. The molecule has 0 bridgehead atoms. The molecule has 2 heterocycles. The number of aromatic carboxylic acids is 1. The van der Waals surface area contributed by atoms with E-state index in [-0.39, 0.29) is 5.69 Å². The minimum atomic E-state index is -0.985. The van der Waals surface area contributed by atoms with E-state index in [4.69, 9.17) is 4.74 Å². The number of hydrogen-bond acceptors (Lipinski definition) is 3. The first-order valence-electron chi connectivity index (χ1n) is 6.84. The summed E-state index contributed by atoms with van der Waals surface area (Å²) in [5.41, 5.74) is 3.82. The third-order valence-corrected chi connectivity index (χ3v) is 4.06. The highest BCUT2D eigenvalue weighted by Gasteiger charge is 2.19. The number of carboxylic acid groups (broad SMARTS) is 1. The van der Waals surface area contributed by atoms with Gasteiger partial charge in [0.25, 0.3) is 0 Å². The summed E-state index contributed by atoms with van der Waals surface area (Å²) in [7, 11) is 5.24. The molecular weight excluding hydrogens is 282 g/mol. The van der Waals surface area contributed by atoms with Crippen molar-refractivity contribution in [1.82, 2.24) is 14.3 Å². The Morgan fingerprint density at radius 2 is 2.00 bits per heavy atom. The number of nitrogens with zero attached hydrogens (tertiary/aromatic N) is 3. The predicted octanol–water partition coefficient (Wildman–Crippen LogP) is 2.59. The Bertz CT molecular complexity index is 890. The van der Waals surface area contributed by atoms with Crippen LogP contribution in [0.25, 0.3) is 22.2 Å². The number of aromatic nitrogens is 3. The van der Waals surface area contributed by atoms with Crippen molar-refractivity contribution < 1.29 is 14.6 Å². The number of rotatable bonds is 3. The summed E-state index contributed by atoms with van der Waals surface area (Å²) >= 11 is 0. The molecule has 114 valence electrons. The van der Waals surface area contributed by atoms with E-state index in [2.05, 4.69) is 9.67 Å². The van der Waals surface area contributed by atoms with Gasteiger partial charge in [0.05, 0.1) is 18.3 Å². The summed E-state index contributed by atoms with van der Waals surface area (Å²) in [5.74, 6) is -0.201. The smallest absolute Gasteiger partial charge is 0.354 e. The van der Waals surface area contributed by atoms with Crippen molar-refractivity contribution in [2.75, 3.05) is 7.11 Å². The SMILES string of the molecule is COc1ccc2c(-c3cc(C(=O)O)n(C)n3)c(C)n(C)c2c1. The minimum Gasteiger partial charge on any atom is -0.497 e. The lowest BCUT2D eigenvalue weighted by molar-refractivity contribution is 0.0685. The van der Waals surface area contributed by atoms with Gasteiger partial charge in [0.1, 0.15) is 11.4 Å². The number of hydrogen-bond donors (Lipinski definition) is 1. The standard InChI is InChI=1S/C16H17N3O3/c1-9-15(12-8-14(16(20)21)19(3)17-12)11-6-5-10(22-4)7-13(11)18(9)2/h5-8H,1-4H3,(H,20,21). The fourth-order valence-corrected chi connectivity index (χ4v) is 2.78. The predicted molar refractivity (Wildman–Crippen MR) is 83.4 cm³/mol. The van der Waals surface area contributed by atoms with Gasteiger partial charge in [-0.2, -0.15) is 5.10 Å². The van der Waals surface area contributed by atoms with Crippen LogP contribution in [0.1, 0.15) is 16.2 Å². The zero-order chi connectivity index (χ0) is 16.0. The second kappa shape index (κ2) is 4.91. The van der Waals surface area contributed by atoms with Gasteiger partial charge in [-0.1, -0.05) is 0 Å². The molecule has 0 aliphatic carbocycles. The Kier molecular flexibility index (Phi) is 3.16. The zero-order valence-electron chi connectivity index (χ0n) is 12.9. The van der Waals surface area contributed by atoms with E-state index < -0.39 is 5.97 Å². The van der Waals surface area contributed by atoms with Gasteiger partial charge in [-0.15, -0.1) is 0 Å². The van der Waals surface area contributed by atoms with Gasteiger partial charge in [-0.25, -0.2) is 4.79 Å². The summed E-state index contributed by atoms with van der Waals surface area (Å²) < 4.78 is 8.72. The van der Waals surface area contributed by atoms with Gasteiger partial charge in [0, 0.05) is 36.8 Å². The van der Waals surface area contributed by atoms with Crippen molar-refractivity contribution in [3.8, 4) is 17.0 Å². The van der Waals surface area contributed by atoms with Crippen molar-refractivity contribution in [2.24, 2.45) is 14.1 Å². The van der Waals surface area contributed by atoms with Gasteiger partial charge >= 0.3 is 5.97 Å². The molecule has 0 aliphatic rings. The Hall–Kier alpha value is -2.76. The molecule has 0 saturated carbocycles. The molecular formula is C16H17N3O3. The maximum absolute atomic E-state index is 11.2.